The summed E-state index contributed by atoms with van der Waals surface area (Å²) in [5.41, 5.74) is 2.20. The molecule has 2 aromatic heterocycles. The van der Waals surface area contributed by atoms with Crippen molar-refractivity contribution in [1.82, 2.24) is 25.4 Å². The number of ether oxygens (including phenoxy) is 1. The highest BCUT2D eigenvalue weighted by Gasteiger charge is 2.27. The fraction of sp³-hybridized carbons (Fsp3) is 0.294. The Bertz CT molecular complexity index is 934. The lowest BCUT2D eigenvalue weighted by atomic mass is 9.94. The molecule has 0 spiro atoms. The van der Waals surface area contributed by atoms with Gasteiger partial charge in [0.2, 0.25) is 5.82 Å². The number of benzene rings is 1. The van der Waals surface area contributed by atoms with Gasteiger partial charge in [-0.05, 0) is 24.1 Å². The van der Waals surface area contributed by atoms with Gasteiger partial charge in [-0.1, -0.05) is 28.9 Å². The van der Waals surface area contributed by atoms with Crippen molar-refractivity contribution in [2.75, 3.05) is 13.7 Å². The van der Waals surface area contributed by atoms with Crippen LogP contribution in [-0.4, -0.2) is 39.7 Å². The van der Waals surface area contributed by atoms with E-state index < -0.39 is 0 Å². The Morgan fingerprint density at radius 2 is 2.12 bits per heavy atom. The van der Waals surface area contributed by atoms with Gasteiger partial charge in [-0.15, -0.1) is 0 Å². The largest absolute Gasteiger partial charge is 0.375 e. The minimum Gasteiger partial charge on any atom is -0.375 e. The van der Waals surface area contributed by atoms with Crippen LogP contribution in [0.4, 0.5) is 0 Å². The maximum atomic E-state index is 12.4. The number of nitrogens with zero attached hydrogens (tertiary/aromatic N) is 3. The minimum absolute atomic E-state index is 0.111. The summed E-state index contributed by atoms with van der Waals surface area (Å²) in [7, 11) is 1.54. The van der Waals surface area contributed by atoms with Crippen LogP contribution < -0.4 is 5.32 Å². The quantitative estimate of drug-likeness (QED) is 0.727. The van der Waals surface area contributed by atoms with Crippen LogP contribution in [0.2, 0.25) is 5.02 Å². The molecule has 0 aliphatic carbocycles. The normalized spacial score (nSPS) is 16.8. The maximum Gasteiger partial charge on any atom is 0.271 e. The smallest absolute Gasteiger partial charge is 0.271 e. The van der Waals surface area contributed by atoms with Gasteiger partial charge in [0.25, 0.3) is 11.8 Å². The molecule has 0 bridgehead atoms. The van der Waals surface area contributed by atoms with Crippen molar-refractivity contribution in [3.05, 3.63) is 52.1 Å². The Labute approximate surface area is 153 Å². The zero-order valence-corrected chi connectivity index (χ0v) is 14.7. The third kappa shape index (κ3) is 3.21. The zero-order valence-electron chi connectivity index (χ0n) is 14.0. The van der Waals surface area contributed by atoms with Gasteiger partial charge in [-0.3, -0.25) is 4.79 Å². The average molecular weight is 374 g/mol. The number of rotatable bonds is 4. The summed E-state index contributed by atoms with van der Waals surface area (Å²) < 4.78 is 10.0. The van der Waals surface area contributed by atoms with Gasteiger partial charge in [-0.2, -0.15) is 4.98 Å². The summed E-state index contributed by atoms with van der Waals surface area (Å²) in [5.74, 6) is 0.922. The summed E-state index contributed by atoms with van der Waals surface area (Å²) in [5, 5.41) is 7.47. The summed E-state index contributed by atoms with van der Waals surface area (Å²) in [6.07, 6.45) is 0.630. The molecule has 8 nitrogen and oxygen atoms in total. The highest BCUT2D eigenvalue weighted by Crippen LogP contribution is 2.27. The van der Waals surface area contributed by atoms with E-state index in [0.717, 1.165) is 11.3 Å². The van der Waals surface area contributed by atoms with E-state index in [9.17, 15) is 4.79 Å². The molecular formula is C17H16ClN5O3. The van der Waals surface area contributed by atoms with Gasteiger partial charge in [0.1, 0.15) is 12.3 Å². The van der Waals surface area contributed by atoms with Crippen LogP contribution in [0, 0.1) is 0 Å². The van der Waals surface area contributed by atoms with Crippen molar-refractivity contribution >= 4 is 17.5 Å². The molecule has 0 saturated carbocycles. The molecule has 3 heterocycles. The Morgan fingerprint density at radius 1 is 1.31 bits per heavy atom. The third-order valence-corrected chi connectivity index (χ3v) is 4.49. The number of aromatic amines is 1. The molecule has 0 radical (unpaired) electrons. The zero-order chi connectivity index (χ0) is 18.1. The van der Waals surface area contributed by atoms with E-state index in [1.54, 1.807) is 7.11 Å². The van der Waals surface area contributed by atoms with Gasteiger partial charge >= 0.3 is 0 Å². The van der Waals surface area contributed by atoms with Crippen molar-refractivity contribution in [3.8, 4) is 11.6 Å². The van der Waals surface area contributed by atoms with Crippen LogP contribution in [0.15, 0.2) is 28.8 Å². The first-order valence-electron chi connectivity index (χ1n) is 8.08. The first-order valence-corrected chi connectivity index (χ1v) is 8.46. The number of hydrogen-bond acceptors (Lipinski definition) is 6. The molecule has 9 heteroatoms. The number of hydrogen-bond donors (Lipinski definition) is 2. The predicted molar refractivity (Wildman–Crippen MR) is 92.8 cm³/mol. The Kier molecular flexibility index (Phi) is 4.44. The van der Waals surface area contributed by atoms with Crippen LogP contribution in [0.25, 0.3) is 11.6 Å². The number of H-pyrrole nitrogens is 1. The first kappa shape index (κ1) is 16.7. The highest BCUT2D eigenvalue weighted by molar-refractivity contribution is 6.30. The number of halogens is 1. The molecule has 1 aliphatic heterocycles. The molecule has 134 valence electrons. The minimum atomic E-state index is -0.223. The van der Waals surface area contributed by atoms with Gasteiger partial charge in [0, 0.05) is 30.3 Å². The number of carbonyl (C=O) groups excluding carboxylic acids is 1. The lowest BCUT2D eigenvalue weighted by molar-refractivity contribution is 0.0950. The Morgan fingerprint density at radius 3 is 2.88 bits per heavy atom. The summed E-state index contributed by atoms with van der Waals surface area (Å²) >= 11 is 5.97. The topological polar surface area (TPSA) is 106 Å². The second kappa shape index (κ2) is 6.89. The molecule has 26 heavy (non-hydrogen) atoms. The molecule has 1 atom stereocenters. The lowest BCUT2D eigenvalue weighted by Crippen LogP contribution is -2.26. The molecule has 3 aromatic rings. The number of imidazole rings is 1. The van der Waals surface area contributed by atoms with Gasteiger partial charge in [-0.25, -0.2) is 4.98 Å². The van der Waals surface area contributed by atoms with E-state index in [1.165, 1.54) is 0 Å². The van der Waals surface area contributed by atoms with Crippen LogP contribution in [-0.2, 0) is 17.8 Å². The van der Waals surface area contributed by atoms with Crippen LogP contribution in [0.1, 0.15) is 33.6 Å². The van der Waals surface area contributed by atoms with Gasteiger partial charge < -0.3 is 19.6 Å². The van der Waals surface area contributed by atoms with E-state index in [2.05, 4.69) is 25.4 Å². The SMILES string of the molecule is COCc1nc(-c2nc3c([nH]2)C[C@@H](c2ccc(Cl)cc2)CNC3=O)no1. The molecule has 4 rings (SSSR count). The second-order valence-corrected chi connectivity index (χ2v) is 6.46. The number of fused-ring (bicyclic) bond motifs is 1. The van der Waals surface area contributed by atoms with Crippen molar-refractivity contribution in [3.63, 3.8) is 0 Å². The van der Waals surface area contributed by atoms with E-state index in [4.69, 9.17) is 20.9 Å². The van der Waals surface area contributed by atoms with Crippen molar-refractivity contribution in [2.24, 2.45) is 0 Å². The first-order chi connectivity index (χ1) is 12.6. The Balaban J connectivity index is 1.64. The number of carbonyl (C=O) groups is 1. The molecule has 1 aliphatic rings. The van der Waals surface area contributed by atoms with E-state index >= 15 is 0 Å². The van der Waals surface area contributed by atoms with E-state index in [-0.39, 0.29) is 18.4 Å². The summed E-state index contributed by atoms with van der Waals surface area (Å²) in [6.45, 7) is 0.743. The van der Waals surface area contributed by atoms with Crippen molar-refractivity contribution < 1.29 is 14.1 Å². The lowest BCUT2D eigenvalue weighted by Gasteiger charge is -2.14. The number of amides is 1. The third-order valence-electron chi connectivity index (χ3n) is 4.24. The fourth-order valence-electron chi connectivity index (χ4n) is 2.97. The molecule has 0 saturated heterocycles. The van der Waals surface area contributed by atoms with Gasteiger partial charge in [0.05, 0.1) is 0 Å². The molecule has 1 amide bonds. The highest BCUT2D eigenvalue weighted by atomic mass is 35.5. The average Bonchev–Trinajstić information content (AvgIpc) is 3.23. The fourth-order valence-corrected chi connectivity index (χ4v) is 3.10. The molecule has 2 N–H and O–H groups in total. The predicted octanol–water partition coefficient (Wildman–Crippen LogP) is 2.33. The summed E-state index contributed by atoms with van der Waals surface area (Å²) in [4.78, 5) is 24.1. The van der Waals surface area contributed by atoms with E-state index in [0.29, 0.717) is 41.2 Å². The number of methoxy groups -OCH3 is 1. The number of aromatic nitrogens is 4. The van der Waals surface area contributed by atoms with Crippen LogP contribution >= 0.6 is 11.6 Å². The molecule has 1 aromatic carbocycles. The molecular weight excluding hydrogens is 358 g/mol. The Hall–Kier alpha value is -2.71. The van der Waals surface area contributed by atoms with Crippen LogP contribution in [0.5, 0.6) is 0 Å². The van der Waals surface area contributed by atoms with Crippen molar-refractivity contribution in [2.45, 2.75) is 18.9 Å². The molecule has 0 fully saturated rings. The summed E-state index contributed by atoms with van der Waals surface area (Å²) in [6, 6.07) is 7.63. The van der Waals surface area contributed by atoms with E-state index in [1.807, 2.05) is 24.3 Å². The molecule has 0 unspecified atom stereocenters. The number of nitrogens with one attached hydrogen (secondary N) is 2. The van der Waals surface area contributed by atoms with Crippen LogP contribution in [0.3, 0.4) is 0 Å². The van der Waals surface area contributed by atoms with Crippen molar-refractivity contribution in [1.29, 1.82) is 0 Å². The maximum absolute atomic E-state index is 12.4. The monoisotopic (exact) mass is 373 g/mol. The standard InChI is InChI=1S/C17H16ClN5O3/c1-25-8-13-21-16(23-26-13)15-20-12-6-10(7-19-17(24)14(12)22-15)9-2-4-11(18)5-3-9/h2-5,10H,6-8H2,1H3,(H,19,24)(H,20,22)/t10-/m1/s1. The second-order valence-electron chi connectivity index (χ2n) is 6.02. The van der Waals surface area contributed by atoms with Gasteiger partial charge in [0.15, 0.2) is 5.82 Å².